The number of nitrogens with zero attached hydrogens (tertiary/aromatic N) is 1. The molecular formula is C23H18FN3O2S. The number of hydrogen-bond donors (Lipinski definition) is 2. The van der Waals surface area contributed by atoms with Crippen molar-refractivity contribution in [1.29, 1.82) is 0 Å². The number of nitrogens with one attached hydrogen (secondary N) is 2. The largest absolute Gasteiger partial charge is 0.321 e. The van der Waals surface area contributed by atoms with E-state index in [0.29, 0.717) is 21.9 Å². The summed E-state index contributed by atoms with van der Waals surface area (Å²) in [6.07, 6.45) is 0. The first-order valence-electron chi connectivity index (χ1n) is 9.26. The standard InChI is InChI=1S/C23H18FN3O2S/c1-13-6-11-18(25-21(28)15-7-9-16(24)10-8-15)17(12-13)22(29)27-23-26-20-14(2)4-3-5-19(20)30-23/h3-12H,1-2H3,(H,25,28)(H,26,27,29). The van der Waals surface area contributed by atoms with Crippen LogP contribution in [0.15, 0.2) is 60.7 Å². The molecule has 0 radical (unpaired) electrons. The number of para-hydroxylation sites is 1. The zero-order valence-corrected chi connectivity index (χ0v) is 17.1. The highest BCUT2D eigenvalue weighted by Crippen LogP contribution is 2.29. The van der Waals surface area contributed by atoms with Gasteiger partial charge in [-0.05, 0) is 61.9 Å². The molecule has 5 nitrogen and oxygen atoms in total. The smallest absolute Gasteiger partial charge is 0.259 e. The molecule has 150 valence electrons. The summed E-state index contributed by atoms with van der Waals surface area (Å²) < 4.78 is 14.1. The third kappa shape index (κ3) is 4.06. The highest BCUT2D eigenvalue weighted by molar-refractivity contribution is 7.22. The van der Waals surface area contributed by atoms with Crippen LogP contribution in [0.1, 0.15) is 31.8 Å². The normalized spacial score (nSPS) is 10.8. The van der Waals surface area contributed by atoms with E-state index in [1.165, 1.54) is 35.6 Å². The second-order valence-corrected chi connectivity index (χ2v) is 7.94. The quantitative estimate of drug-likeness (QED) is 0.455. The maximum atomic E-state index is 13.1. The van der Waals surface area contributed by atoms with Crippen LogP contribution in [-0.2, 0) is 0 Å². The average molecular weight is 419 g/mol. The van der Waals surface area contributed by atoms with Crippen LogP contribution in [0.25, 0.3) is 10.2 Å². The molecule has 0 atom stereocenters. The van der Waals surface area contributed by atoms with Crippen molar-refractivity contribution in [3.8, 4) is 0 Å². The van der Waals surface area contributed by atoms with Crippen molar-refractivity contribution >= 4 is 44.2 Å². The SMILES string of the molecule is Cc1ccc(NC(=O)c2ccc(F)cc2)c(C(=O)Nc2nc3c(C)cccc3s2)c1. The van der Waals surface area contributed by atoms with Gasteiger partial charge in [-0.3, -0.25) is 14.9 Å². The zero-order chi connectivity index (χ0) is 21.3. The Morgan fingerprint density at radius 2 is 1.70 bits per heavy atom. The lowest BCUT2D eigenvalue weighted by Gasteiger charge is -2.12. The highest BCUT2D eigenvalue weighted by Gasteiger charge is 2.17. The fourth-order valence-electron chi connectivity index (χ4n) is 3.05. The summed E-state index contributed by atoms with van der Waals surface area (Å²) in [4.78, 5) is 30.0. The van der Waals surface area contributed by atoms with Gasteiger partial charge in [-0.1, -0.05) is 35.1 Å². The Hall–Kier alpha value is -3.58. The molecule has 4 rings (SSSR count). The van der Waals surface area contributed by atoms with E-state index in [1.54, 1.807) is 18.2 Å². The van der Waals surface area contributed by atoms with Gasteiger partial charge in [0.05, 0.1) is 21.5 Å². The number of halogens is 1. The molecule has 3 aromatic carbocycles. The predicted molar refractivity (Wildman–Crippen MR) is 118 cm³/mol. The molecule has 0 saturated carbocycles. The third-order valence-electron chi connectivity index (χ3n) is 4.62. The minimum Gasteiger partial charge on any atom is -0.321 e. The topological polar surface area (TPSA) is 71.1 Å². The second kappa shape index (κ2) is 8.04. The van der Waals surface area contributed by atoms with Crippen molar-refractivity contribution in [2.24, 2.45) is 0 Å². The first kappa shape index (κ1) is 19.7. The van der Waals surface area contributed by atoms with Crippen LogP contribution in [-0.4, -0.2) is 16.8 Å². The average Bonchev–Trinajstić information content (AvgIpc) is 3.13. The summed E-state index contributed by atoms with van der Waals surface area (Å²) in [7, 11) is 0. The Balaban J connectivity index is 1.60. The number of fused-ring (bicyclic) bond motifs is 1. The van der Waals surface area contributed by atoms with Gasteiger partial charge in [0.25, 0.3) is 11.8 Å². The molecule has 7 heteroatoms. The third-order valence-corrected chi connectivity index (χ3v) is 5.55. The molecular weight excluding hydrogens is 401 g/mol. The number of hydrogen-bond acceptors (Lipinski definition) is 4. The van der Waals surface area contributed by atoms with E-state index in [1.807, 2.05) is 32.0 Å². The molecule has 4 aromatic rings. The summed E-state index contributed by atoms with van der Waals surface area (Å²) in [6, 6.07) is 16.3. The predicted octanol–water partition coefficient (Wildman–Crippen LogP) is 5.56. The first-order chi connectivity index (χ1) is 14.4. The molecule has 0 aliphatic heterocycles. The molecule has 2 N–H and O–H groups in total. The van der Waals surface area contributed by atoms with Crippen LogP contribution in [0.5, 0.6) is 0 Å². The molecule has 0 aliphatic carbocycles. The van der Waals surface area contributed by atoms with E-state index in [4.69, 9.17) is 0 Å². The van der Waals surface area contributed by atoms with Crippen LogP contribution >= 0.6 is 11.3 Å². The Morgan fingerprint density at radius 1 is 0.933 bits per heavy atom. The zero-order valence-electron chi connectivity index (χ0n) is 16.3. The van der Waals surface area contributed by atoms with E-state index in [2.05, 4.69) is 15.6 Å². The summed E-state index contributed by atoms with van der Waals surface area (Å²) in [5, 5.41) is 6.05. The number of anilines is 2. The van der Waals surface area contributed by atoms with Crippen molar-refractivity contribution in [1.82, 2.24) is 4.98 Å². The van der Waals surface area contributed by atoms with Gasteiger partial charge < -0.3 is 5.32 Å². The van der Waals surface area contributed by atoms with Crippen molar-refractivity contribution in [2.75, 3.05) is 10.6 Å². The second-order valence-electron chi connectivity index (χ2n) is 6.90. The van der Waals surface area contributed by atoms with Crippen molar-refractivity contribution in [3.63, 3.8) is 0 Å². The molecule has 2 amide bonds. The monoisotopic (exact) mass is 419 g/mol. The molecule has 0 fully saturated rings. The van der Waals surface area contributed by atoms with Gasteiger partial charge in [0.2, 0.25) is 0 Å². The van der Waals surface area contributed by atoms with E-state index >= 15 is 0 Å². The van der Waals surface area contributed by atoms with E-state index in [9.17, 15) is 14.0 Å². The number of thiazole rings is 1. The fourth-order valence-corrected chi connectivity index (χ4v) is 3.99. The summed E-state index contributed by atoms with van der Waals surface area (Å²) in [5.74, 6) is -1.22. The lowest BCUT2D eigenvalue weighted by molar-refractivity contribution is 0.102. The maximum absolute atomic E-state index is 13.1. The molecule has 0 spiro atoms. The number of benzene rings is 3. The Bertz CT molecular complexity index is 1270. The number of amides is 2. The number of rotatable bonds is 4. The van der Waals surface area contributed by atoms with E-state index < -0.39 is 11.7 Å². The minimum atomic E-state index is -0.427. The minimum absolute atomic E-state index is 0.296. The Labute approximate surface area is 176 Å². The Kier molecular flexibility index (Phi) is 5.29. The van der Waals surface area contributed by atoms with Crippen LogP contribution in [0.4, 0.5) is 15.2 Å². The van der Waals surface area contributed by atoms with Crippen LogP contribution in [0.3, 0.4) is 0 Å². The Morgan fingerprint density at radius 3 is 2.43 bits per heavy atom. The van der Waals surface area contributed by atoms with Gasteiger partial charge in [-0.2, -0.15) is 0 Å². The molecule has 0 aliphatic rings. The number of aryl methyl sites for hydroxylation is 2. The van der Waals surface area contributed by atoms with Crippen molar-refractivity contribution in [3.05, 3.63) is 88.7 Å². The number of carbonyl (C=O) groups is 2. The maximum Gasteiger partial charge on any atom is 0.259 e. The van der Waals surface area contributed by atoms with E-state index in [0.717, 1.165) is 21.3 Å². The fraction of sp³-hybridized carbons (Fsp3) is 0.0870. The summed E-state index contributed by atoms with van der Waals surface area (Å²) >= 11 is 1.39. The molecule has 0 saturated heterocycles. The number of carbonyl (C=O) groups excluding carboxylic acids is 2. The van der Waals surface area contributed by atoms with Gasteiger partial charge in [-0.15, -0.1) is 0 Å². The first-order valence-corrected chi connectivity index (χ1v) is 10.1. The lowest BCUT2D eigenvalue weighted by Crippen LogP contribution is -2.18. The van der Waals surface area contributed by atoms with Crippen molar-refractivity contribution in [2.45, 2.75) is 13.8 Å². The van der Waals surface area contributed by atoms with Gasteiger partial charge in [0, 0.05) is 5.56 Å². The molecule has 0 bridgehead atoms. The van der Waals surface area contributed by atoms with Gasteiger partial charge >= 0.3 is 0 Å². The van der Waals surface area contributed by atoms with Crippen molar-refractivity contribution < 1.29 is 14.0 Å². The van der Waals surface area contributed by atoms with Crippen LogP contribution < -0.4 is 10.6 Å². The van der Waals surface area contributed by atoms with Crippen LogP contribution in [0, 0.1) is 19.7 Å². The molecule has 0 unspecified atom stereocenters. The molecule has 30 heavy (non-hydrogen) atoms. The van der Waals surface area contributed by atoms with Gasteiger partial charge in [0.1, 0.15) is 5.82 Å². The highest BCUT2D eigenvalue weighted by atomic mass is 32.1. The van der Waals surface area contributed by atoms with E-state index in [-0.39, 0.29) is 5.91 Å². The molecule has 1 heterocycles. The lowest BCUT2D eigenvalue weighted by atomic mass is 10.1. The van der Waals surface area contributed by atoms with Gasteiger partial charge in [-0.25, -0.2) is 9.37 Å². The summed E-state index contributed by atoms with van der Waals surface area (Å²) in [5.41, 5.74) is 3.75. The summed E-state index contributed by atoms with van der Waals surface area (Å²) in [6.45, 7) is 3.83. The van der Waals surface area contributed by atoms with Gasteiger partial charge in [0.15, 0.2) is 5.13 Å². The van der Waals surface area contributed by atoms with Crippen LogP contribution in [0.2, 0.25) is 0 Å². The number of aromatic nitrogens is 1. The molecule has 1 aromatic heterocycles.